The number of para-hydroxylation sites is 1. The predicted molar refractivity (Wildman–Crippen MR) is 93.5 cm³/mol. The van der Waals surface area contributed by atoms with Gasteiger partial charge in [0.15, 0.2) is 0 Å². The third kappa shape index (κ3) is 3.73. The average molecular weight is 332 g/mol. The van der Waals surface area contributed by atoms with Gasteiger partial charge in [-0.25, -0.2) is 0 Å². The highest BCUT2D eigenvalue weighted by Gasteiger charge is 2.32. The molecule has 2 aliphatic heterocycles. The molecule has 0 unspecified atom stereocenters. The Labute approximate surface area is 144 Å². The van der Waals surface area contributed by atoms with E-state index in [0.29, 0.717) is 29.6 Å². The summed E-state index contributed by atoms with van der Waals surface area (Å²) in [6, 6.07) is 8.02. The normalized spacial score (nSPS) is 26.4. The smallest absolute Gasteiger partial charge is 0.257 e. The Hall–Kier alpha value is -1.59. The molecule has 5 heteroatoms. The zero-order valence-corrected chi connectivity index (χ0v) is 14.9. The summed E-state index contributed by atoms with van der Waals surface area (Å²) in [6.07, 6.45) is 2.64. The number of carbonyl (C=O) groups is 1. The van der Waals surface area contributed by atoms with Crippen molar-refractivity contribution in [2.45, 2.75) is 44.9 Å². The van der Waals surface area contributed by atoms with Crippen LogP contribution in [0, 0.1) is 0 Å². The molecule has 5 nitrogen and oxygen atoms in total. The van der Waals surface area contributed by atoms with Crippen molar-refractivity contribution < 1.29 is 14.3 Å². The van der Waals surface area contributed by atoms with Crippen LogP contribution in [0.5, 0.6) is 5.75 Å². The molecule has 1 aromatic rings. The monoisotopic (exact) mass is 332 g/mol. The van der Waals surface area contributed by atoms with Crippen molar-refractivity contribution in [2.24, 2.45) is 0 Å². The lowest BCUT2D eigenvalue weighted by atomic mass is 10.0. The molecule has 0 radical (unpaired) electrons. The zero-order valence-electron chi connectivity index (χ0n) is 14.9. The molecule has 2 atom stereocenters. The van der Waals surface area contributed by atoms with E-state index in [-0.39, 0.29) is 5.91 Å². The van der Waals surface area contributed by atoms with Gasteiger partial charge in [-0.3, -0.25) is 9.69 Å². The summed E-state index contributed by atoms with van der Waals surface area (Å²) in [5.41, 5.74) is 0.659. The highest BCUT2D eigenvalue weighted by Crippen LogP contribution is 2.24. The van der Waals surface area contributed by atoms with Crippen LogP contribution < -0.4 is 4.74 Å². The molecule has 2 heterocycles. The Morgan fingerprint density at radius 1 is 1.12 bits per heavy atom. The van der Waals surface area contributed by atoms with Crippen molar-refractivity contribution in [3.05, 3.63) is 29.8 Å². The quantitative estimate of drug-likeness (QED) is 0.852. The van der Waals surface area contributed by atoms with Crippen molar-refractivity contribution in [3.8, 4) is 5.75 Å². The second-order valence-corrected chi connectivity index (χ2v) is 6.93. The number of morpholine rings is 1. The first-order chi connectivity index (χ1) is 11.6. The molecule has 0 N–H and O–H groups in total. The van der Waals surface area contributed by atoms with Crippen molar-refractivity contribution in [1.29, 1.82) is 0 Å². The van der Waals surface area contributed by atoms with Crippen LogP contribution in [0.25, 0.3) is 0 Å². The first-order valence-electron chi connectivity index (χ1n) is 8.90. The van der Waals surface area contributed by atoms with Gasteiger partial charge in [-0.05, 0) is 38.8 Å². The molecular weight excluding hydrogens is 304 g/mol. The minimum Gasteiger partial charge on any atom is -0.496 e. The van der Waals surface area contributed by atoms with Crippen LogP contribution in [0.3, 0.4) is 0 Å². The summed E-state index contributed by atoms with van der Waals surface area (Å²) in [5, 5.41) is 0. The van der Waals surface area contributed by atoms with E-state index in [1.165, 1.54) is 0 Å². The molecule has 0 aliphatic carbocycles. The molecule has 2 saturated heterocycles. The van der Waals surface area contributed by atoms with Crippen LogP contribution >= 0.6 is 0 Å². The second-order valence-electron chi connectivity index (χ2n) is 6.93. The molecule has 0 saturated carbocycles. The van der Waals surface area contributed by atoms with Crippen LogP contribution in [0.4, 0.5) is 0 Å². The SMILES string of the molecule is COc1ccccc1C(=O)N1CCC(N2C[C@H](C)O[C@@H](C)C2)CC1. The lowest BCUT2D eigenvalue weighted by molar-refractivity contribution is -0.0856. The zero-order chi connectivity index (χ0) is 17.1. The molecule has 2 fully saturated rings. The van der Waals surface area contributed by atoms with Crippen molar-refractivity contribution in [3.63, 3.8) is 0 Å². The van der Waals surface area contributed by atoms with Crippen molar-refractivity contribution >= 4 is 5.91 Å². The van der Waals surface area contributed by atoms with E-state index in [0.717, 1.165) is 39.0 Å². The van der Waals surface area contributed by atoms with Gasteiger partial charge in [0.2, 0.25) is 0 Å². The van der Waals surface area contributed by atoms with E-state index in [1.807, 2.05) is 29.2 Å². The van der Waals surface area contributed by atoms with Crippen molar-refractivity contribution in [2.75, 3.05) is 33.3 Å². The fourth-order valence-corrected chi connectivity index (χ4v) is 3.94. The first kappa shape index (κ1) is 17.2. The van der Waals surface area contributed by atoms with Crippen LogP contribution in [0.1, 0.15) is 37.0 Å². The van der Waals surface area contributed by atoms with E-state index in [4.69, 9.17) is 9.47 Å². The van der Waals surface area contributed by atoms with Gasteiger partial charge >= 0.3 is 0 Å². The minimum absolute atomic E-state index is 0.0783. The Balaban J connectivity index is 1.59. The van der Waals surface area contributed by atoms with E-state index >= 15 is 0 Å². The Morgan fingerprint density at radius 2 is 1.75 bits per heavy atom. The number of piperidine rings is 1. The Kier molecular flexibility index (Phi) is 5.41. The third-order valence-corrected chi connectivity index (χ3v) is 5.05. The van der Waals surface area contributed by atoms with E-state index < -0.39 is 0 Å². The Morgan fingerprint density at radius 3 is 2.38 bits per heavy atom. The van der Waals surface area contributed by atoms with E-state index in [9.17, 15) is 4.79 Å². The fraction of sp³-hybridized carbons (Fsp3) is 0.632. The highest BCUT2D eigenvalue weighted by atomic mass is 16.5. The number of methoxy groups -OCH3 is 1. The van der Waals surface area contributed by atoms with Gasteiger partial charge in [0.05, 0.1) is 24.9 Å². The van der Waals surface area contributed by atoms with Gasteiger partial charge in [0.25, 0.3) is 5.91 Å². The largest absolute Gasteiger partial charge is 0.496 e. The topological polar surface area (TPSA) is 42.0 Å². The number of likely N-dealkylation sites (tertiary alicyclic amines) is 1. The molecule has 0 aromatic heterocycles. The molecule has 0 spiro atoms. The van der Waals surface area contributed by atoms with Crippen LogP contribution in [0.2, 0.25) is 0 Å². The first-order valence-corrected chi connectivity index (χ1v) is 8.90. The summed E-state index contributed by atoms with van der Waals surface area (Å²) >= 11 is 0. The maximum atomic E-state index is 12.8. The number of nitrogens with zero attached hydrogens (tertiary/aromatic N) is 2. The molecule has 1 aromatic carbocycles. The maximum absolute atomic E-state index is 12.8. The van der Waals surface area contributed by atoms with Gasteiger partial charge in [-0.1, -0.05) is 12.1 Å². The standard InChI is InChI=1S/C19H28N2O3/c1-14-12-21(13-15(2)24-14)16-8-10-20(11-9-16)19(22)17-6-4-5-7-18(17)23-3/h4-7,14-16H,8-13H2,1-3H3/t14-,15-/m0/s1. The number of hydrogen-bond donors (Lipinski definition) is 0. The van der Waals surface area contributed by atoms with Crippen LogP contribution in [-0.4, -0.2) is 67.2 Å². The summed E-state index contributed by atoms with van der Waals surface area (Å²) in [5.74, 6) is 0.732. The number of amides is 1. The van der Waals surface area contributed by atoms with Gasteiger partial charge < -0.3 is 14.4 Å². The number of carbonyl (C=O) groups excluding carboxylic acids is 1. The molecule has 0 bridgehead atoms. The molecule has 132 valence electrons. The number of hydrogen-bond acceptors (Lipinski definition) is 4. The third-order valence-electron chi connectivity index (χ3n) is 5.05. The van der Waals surface area contributed by atoms with Crippen LogP contribution in [-0.2, 0) is 4.74 Å². The van der Waals surface area contributed by atoms with Gasteiger partial charge in [-0.15, -0.1) is 0 Å². The molecule has 1 amide bonds. The molecule has 3 rings (SSSR count). The number of ether oxygens (including phenoxy) is 2. The second kappa shape index (κ2) is 7.53. The van der Waals surface area contributed by atoms with Crippen molar-refractivity contribution in [1.82, 2.24) is 9.80 Å². The van der Waals surface area contributed by atoms with E-state index in [2.05, 4.69) is 18.7 Å². The van der Waals surface area contributed by atoms with Gasteiger partial charge in [-0.2, -0.15) is 0 Å². The molecular formula is C19H28N2O3. The molecule has 24 heavy (non-hydrogen) atoms. The summed E-state index contributed by atoms with van der Waals surface area (Å²) in [6.45, 7) is 7.89. The Bertz CT molecular complexity index is 559. The highest BCUT2D eigenvalue weighted by molar-refractivity contribution is 5.97. The number of rotatable bonds is 3. The maximum Gasteiger partial charge on any atom is 0.257 e. The fourth-order valence-electron chi connectivity index (χ4n) is 3.94. The van der Waals surface area contributed by atoms with E-state index in [1.54, 1.807) is 7.11 Å². The minimum atomic E-state index is 0.0783. The lowest BCUT2D eigenvalue weighted by Gasteiger charge is -2.43. The summed E-state index contributed by atoms with van der Waals surface area (Å²) in [7, 11) is 1.61. The average Bonchev–Trinajstić information content (AvgIpc) is 2.60. The predicted octanol–water partition coefficient (Wildman–Crippen LogP) is 2.41. The summed E-state index contributed by atoms with van der Waals surface area (Å²) < 4.78 is 11.2. The van der Waals surface area contributed by atoms with Gasteiger partial charge in [0, 0.05) is 32.2 Å². The van der Waals surface area contributed by atoms with Gasteiger partial charge in [0.1, 0.15) is 5.75 Å². The van der Waals surface area contributed by atoms with Crippen LogP contribution in [0.15, 0.2) is 24.3 Å². The lowest BCUT2D eigenvalue weighted by Crippen LogP contribution is -2.53. The molecule has 2 aliphatic rings. The summed E-state index contributed by atoms with van der Waals surface area (Å²) in [4.78, 5) is 17.3. The number of benzene rings is 1.